The molecule has 2 aromatic rings. The second kappa shape index (κ2) is 7.40. The van der Waals surface area contributed by atoms with Crippen molar-refractivity contribution >= 4 is 33.0 Å². The van der Waals surface area contributed by atoms with Crippen molar-refractivity contribution in [2.45, 2.75) is 11.3 Å². The smallest absolute Gasteiger partial charge is 0.229 e. The van der Waals surface area contributed by atoms with Crippen LogP contribution >= 0.6 is 0 Å². The molecule has 8 nitrogen and oxygen atoms in total. The molecular weight excluding hydrogens is 396 g/mol. The van der Waals surface area contributed by atoms with E-state index in [-0.39, 0.29) is 29.7 Å². The number of hydrogen-bond acceptors (Lipinski definition) is 6. The molecule has 0 aromatic heterocycles. The number of nitrogens with zero attached hydrogens (tertiary/aromatic N) is 1. The Bertz CT molecular complexity index is 1080. The Balaban J connectivity index is 1.47. The Morgan fingerprint density at radius 3 is 2.62 bits per heavy atom. The number of nitrogens with one attached hydrogen (secondary N) is 1. The number of fused-ring (bicyclic) bond motifs is 1. The Hall–Kier alpha value is -3.07. The average molecular weight is 416 g/mol. The van der Waals surface area contributed by atoms with Crippen molar-refractivity contribution in [1.82, 2.24) is 0 Å². The van der Waals surface area contributed by atoms with Crippen molar-refractivity contribution in [3.63, 3.8) is 0 Å². The molecule has 152 valence electrons. The van der Waals surface area contributed by atoms with Gasteiger partial charge in [-0.3, -0.25) is 9.59 Å². The van der Waals surface area contributed by atoms with Gasteiger partial charge in [0.1, 0.15) is 13.2 Å². The highest BCUT2D eigenvalue weighted by Gasteiger charge is 2.35. The Morgan fingerprint density at radius 1 is 1.10 bits per heavy atom. The summed E-state index contributed by atoms with van der Waals surface area (Å²) in [5.41, 5.74) is 1.02. The van der Waals surface area contributed by atoms with E-state index in [1.54, 1.807) is 35.2 Å². The molecule has 0 aliphatic carbocycles. The van der Waals surface area contributed by atoms with Crippen LogP contribution in [0.4, 0.5) is 11.4 Å². The van der Waals surface area contributed by atoms with E-state index in [9.17, 15) is 18.0 Å². The maximum Gasteiger partial charge on any atom is 0.229 e. The monoisotopic (exact) mass is 416 g/mol. The highest BCUT2D eigenvalue weighted by atomic mass is 32.2. The fourth-order valence-corrected chi connectivity index (χ4v) is 4.05. The molecule has 29 heavy (non-hydrogen) atoms. The van der Waals surface area contributed by atoms with Crippen molar-refractivity contribution in [3.8, 4) is 11.5 Å². The van der Waals surface area contributed by atoms with Crippen LogP contribution in [0.1, 0.15) is 6.42 Å². The quantitative estimate of drug-likeness (QED) is 0.816. The lowest BCUT2D eigenvalue weighted by atomic mass is 10.1. The third-order valence-electron chi connectivity index (χ3n) is 4.86. The number of anilines is 2. The topological polar surface area (TPSA) is 102 Å². The second-order valence-electron chi connectivity index (χ2n) is 7.02. The molecule has 1 saturated heterocycles. The number of benzene rings is 2. The van der Waals surface area contributed by atoms with Crippen LogP contribution in [-0.2, 0) is 19.4 Å². The predicted octanol–water partition coefficient (Wildman–Crippen LogP) is 1.85. The number of carbonyl (C=O) groups is 2. The van der Waals surface area contributed by atoms with Gasteiger partial charge in [-0.25, -0.2) is 8.42 Å². The summed E-state index contributed by atoms with van der Waals surface area (Å²) in [6, 6.07) is 11.3. The molecule has 2 aliphatic rings. The molecule has 9 heteroatoms. The van der Waals surface area contributed by atoms with Gasteiger partial charge in [0.2, 0.25) is 11.8 Å². The second-order valence-corrected chi connectivity index (χ2v) is 9.04. The van der Waals surface area contributed by atoms with E-state index in [0.29, 0.717) is 36.1 Å². The summed E-state index contributed by atoms with van der Waals surface area (Å²) in [6.45, 7) is 1.16. The molecule has 1 fully saturated rings. The van der Waals surface area contributed by atoms with E-state index >= 15 is 0 Å². The Kier molecular flexibility index (Phi) is 4.91. The van der Waals surface area contributed by atoms with E-state index in [2.05, 4.69) is 5.32 Å². The summed E-state index contributed by atoms with van der Waals surface area (Å²) < 4.78 is 34.4. The SMILES string of the molecule is CS(=O)(=O)c1cccc(NC(=O)[C@H]2CC(=O)N(c3ccc4c(c3)OCCO4)C2)c1. The summed E-state index contributed by atoms with van der Waals surface area (Å²) in [5.74, 6) is 0.173. The third-order valence-corrected chi connectivity index (χ3v) is 5.97. The van der Waals surface area contributed by atoms with Crippen LogP contribution in [0.3, 0.4) is 0 Å². The zero-order valence-corrected chi connectivity index (χ0v) is 16.6. The molecule has 2 amide bonds. The molecule has 0 saturated carbocycles. The third kappa shape index (κ3) is 4.04. The van der Waals surface area contributed by atoms with Gasteiger partial charge in [-0.2, -0.15) is 0 Å². The van der Waals surface area contributed by atoms with Gasteiger partial charge < -0.3 is 19.7 Å². The van der Waals surface area contributed by atoms with Crippen LogP contribution in [0.5, 0.6) is 11.5 Å². The lowest BCUT2D eigenvalue weighted by Gasteiger charge is -2.22. The zero-order chi connectivity index (χ0) is 20.6. The van der Waals surface area contributed by atoms with Gasteiger partial charge in [-0.1, -0.05) is 6.07 Å². The van der Waals surface area contributed by atoms with Crippen molar-refractivity contribution in [3.05, 3.63) is 42.5 Å². The highest BCUT2D eigenvalue weighted by Crippen LogP contribution is 2.36. The maximum atomic E-state index is 12.6. The van der Waals surface area contributed by atoms with Crippen molar-refractivity contribution in [2.75, 3.05) is 36.2 Å². The first-order valence-corrected chi connectivity index (χ1v) is 11.0. The van der Waals surface area contributed by atoms with Gasteiger partial charge >= 0.3 is 0 Å². The first-order chi connectivity index (χ1) is 13.8. The van der Waals surface area contributed by atoms with Gasteiger partial charge in [0, 0.05) is 36.7 Å². The fourth-order valence-electron chi connectivity index (χ4n) is 3.38. The zero-order valence-electron chi connectivity index (χ0n) is 15.8. The minimum atomic E-state index is -3.38. The van der Waals surface area contributed by atoms with E-state index in [1.165, 1.54) is 12.1 Å². The number of ether oxygens (including phenoxy) is 2. The summed E-state index contributed by atoms with van der Waals surface area (Å²) >= 11 is 0. The van der Waals surface area contributed by atoms with Crippen LogP contribution in [0.2, 0.25) is 0 Å². The fraction of sp³-hybridized carbons (Fsp3) is 0.300. The van der Waals surface area contributed by atoms with Gasteiger partial charge in [-0.15, -0.1) is 0 Å². The minimum absolute atomic E-state index is 0.0754. The summed E-state index contributed by atoms with van der Waals surface area (Å²) in [7, 11) is -3.38. The summed E-state index contributed by atoms with van der Waals surface area (Å²) in [5, 5.41) is 2.71. The molecule has 2 aliphatic heterocycles. The Labute approximate surface area is 168 Å². The minimum Gasteiger partial charge on any atom is -0.486 e. The van der Waals surface area contributed by atoms with Crippen LogP contribution in [0, 0.1) is 5.92 Å². The average Bonchev–Trinajstić information content (AvgIpc) is 3.09. The molecule has 0 bridgehead atoms. The number of rotatable bonds is 4. The largest absolute Gasteiger partial charge is 0.486 e. The van der Waals surface area contributed by atoms with Crippen molar-refractivity contribution < 1.29 is 27.5 Å². The molecule has 0 unspecified atom stereocenters. The van der Waals surface area contributed by atoms with Crippen LogP contribution in [-0.4, -0.2) is 46.2 Å². The van der Waals surface area contributed by atoms with E-state index < -0.39 is 15.8 Å². The number of amides is 2. The molecule has 1 atom stereocenters. The van der Waals surface area contributed by atoms with E-state index in [0.717, 1.165) is 6.26 Å². The van der Waals surface area contributed by atoms with Gasteiger partial charge in [0.15, 0.2) is 21.3 Å². The molecule has 0 spiro atoms. The molecule has 2 aromatic carbocycles. The number of hydrogen-bond donors (Lipinski definition) is 1. The summed E-state index contributed by atoms with van der Waals surface area (Å²) in [4.78, 5) is 26.8. The lowest BCUT2D eigenvalue weighted by Crippen LogP contribution is -2.28. The molecular formula is C20H20N2O6S. The van der Waals surface area contributed by atoms with E-state index in [1.807, 2.05) is 0 Å². The molecule has 1 N–H and O–H groups in total. The first kappa shape index (κ1) is 19.3. The van der Waals surface area contributed by atoms with Crippen LogP contribution in [0.15, 0.2) is 47.4 Å². The van der Waals surface area contributed by atoms with Crippen molar-refractivity contribution in [1.29, 1.82) is 0 Å². The normalized spacial score (nSPS) is 18.6. The van der Waals surface area contributed by atoms with Gasteiger partial charge in [0.25, 0.3) is 0 Å². The predicted molar refractivity (Wildman–Crippen MR) is 106 cm³/mol. The Morgan fingerprint density at radius 2 is 1.86 bits per heavy atom. The first-order valence-electron chi connectivity index (χ1n) is 9.12. The van der Waals surface area contributed by atoms with Gasteiger partial charge in [-0.05, 0) is 30.3 Å². The summed E-state index contributed by atoms with van der Waals surface area (Å²) in [6.07, 6.45) is 1.18. The highest BCUT2D eigenvalue weighted by molar-refractivity contribution is 7.90. The number of carbonyl (C=O) groups excluding carboxylic acids is 2. The van der Waals surface area contributed by atoms with Crippen LogP contribution < -0.4 is 19.7 Å². The van der Waals surface area contributed by atoms with Crippen LogP contribution in [0.25, 0.3) is 0 Å². The molecule has 0 radical (unpaired) electrons. The molecule has 2 heterocycles. The standard InChI is InChI=1S/C20H20N2O6S/c1-29(25,26)16-4-2-3-14(10-16)21-20(24)13-9-19(23)22(12-13)15-5-6-17-18(11-15)28-8-7-27-17/h2-6,10-11,13H,7-9,12H2,1H3,(H,21,24)/t13-/m0/s1. The van der Waals surface area contributed by atoms with E-state index in [4.69, 9.17) is 9.47 Å². The van der Waals surface area contributed by atoms with Gasteiger partial charge in [0.05, 0.1) is 10.8 Å². The lowest BCUT2D eigenvalue weighted by molar-refractivity contribution is -0.122. The number of sulfone groups is 1. The maximum absolute atomic E-state index is 12.6. The molecule has 4 rings (SSSR count). The van der Waals surface area contributed by atoms with Crippen molar-refractivity contribution in [2.24, 2.45) is 5.92 Å².